The molecule has 1 aromatic carbocycles. The summed E-state index contributed by atoms with van der Waals surface area (Å²) in [5, 5.41) is 4.66. The number of carbonyl (C=O) groups excluding carboxylic acids is 2. The molecule has 3 aromatic rings. The zero-order valence-electron chi connectivity index (χ0n) is 21.0. The fourth-order valence-corrected chi connectivity index (χ4v) is 5.63. The molecule has 0 aliphatic carbocycles. The fourth-order valence-electron chi connectivity index (χ4n) is 5.63. The Balaban J connectivity index is 1.55. The first-order valence-electron chi connectivity index (χ1n) is 12.5. The summed E-state index contributed by atoms with van der Waals surface area (Å²) in [6.07, 6.45) is 5.98. The summed E-state index contributed by atoms with van der Waals surface area (Å²) in [6.45, 7) is 4.53. The maximum absolute atomic E-state index is 14.1. The quantitative estimate of drug-likeness (QED) is 0.455. The van der Waals surface area contributed by atoms with E-state index in [1.54, 1.807) is 28.9 Å². The number of halogens is 3. The van der Waals surface area contributed by atoms with Crippen LogP contribution in [0, 0.1) is 17.5 Å². The van der Waals surface area contributed by atoms with Gasteiger partial charge in [-0.05, 0) is 43.9 Å². The molecule has 7 nitrogen and oxygen atoms in total. The Morgan fingerprint density at radius 1 is 1.08 bits per heavy atom. The second-order valence-electron chi connectivity index (χ2n) is 9.57. The Kier molecular flexibility index (Phi) is 6.51. The molecule has 1 fully saturated rings. The van der Waals surface area contributed by atoms with Gasteiger partial charge >= 0.3 is 0 Å². The Morgan fingerprint density at radius 2 is 1.81 bits per heavy atom. The van der Waals surface area contributed by atoms with Gasteiger partial charge in [0.05, 0.1) is 34.9 Å². The van der Waals surface area contributed by atoms with Crippen LogP contribution < -0.4 is 4.90 Å². The minimum atomic E-state index is -1.51. The highest BCUT2D eigenvalue weighted by molar-refractivity contribution is 5.99. The number of aromatic nitrogens is 3. The van der Waals surface area contributed by atoms with Crippen LogP contribution in [0.4, 0.5) is 18.9 Å². The van der Waals surface area contributed by atoms with Crippen LogP contribution in [0.2, 0.25) is 0 Å². The number of hydrogen-bond donors (Lipinski definition) is 0. The molecule has 194 valence electrons. The Labute approximate surface area is 212 Å². The number of anilines is 1. The zero-order chi connectivity index (χ0) is 26.4. The predicted octanol–water partition coefficient (Wildman–Crippen LogP) is 4.95. The van der Waals surface area contributed by atoms with Crippen molar-refractivity contribution in [1.29, 1.82) is 0 Å². The van der Waals surface area contributed by atoms with Gasteiger partial charge in [0.1, 0.15) is 0 Å². The third-order valence-electron chi connectivity index (χ3n) is 7.37. The number of fused-ring (bicyclic) bond motifs is 1. The molecule has 0 bridgehead atoms. The van der Waals surface area contributed by atoms with Gasteiger partial charge in [-0.25, -0.2) is 13.2 Å². The van der Waals surface area contributed by atoms with E-state index in [0.717, 1.165) is 24.1 Å². The number of aryl methyl sites for hydroxylation is 1. The molecule has 2 aliphatic heterocycles. The van der Waals surface area contributed by atoms with Crippen LogP contribution >= 0.6 is 0 Å². The number of nitrogens with zero attached hydrogens (tertiary/aromatic N) is 5. The van der Waals surface area contributed by atoms with Crippen molar-refractivity contribution in [3.63, 3.8) is 0 Å². The molecule has 2 aromatic heterocycles. The maximum Gasteiger partial charge on any atom is 0.256 e. The van der Waals surface area contributed by atoms with Crippen LogP contribution in [0.5, 0.6) is 0 Å². The number of pyridine rings is 1. The Bertz CT molecular complexity index is 1370. The lowest BCUT2D eigenvalue weighted by Gasteiger charge is -2.41. The van der Waals surface area contributed by atoms with E-state index in [1.165, 1.54) is 6.20 Å². The van der Waals surface area contributed by atoms with Crippen LogP contribution in [-0.4, -0.2) is 44.1 Å². The van der Waals surface area contributed by atoms with Crippen molar-refractivity contribution in [2.24, 2.45) is 7.05 Å². The summed E-state index contributed by atoms with van der Waals surface area (Å²) in [5.41, 5.74) is 3.15. The highest BCUT2D eigenvalue weighted by atomic mass is 19.2. The second-order valence-corrected chi connectivity index (χ2v) is 9.57. The average molecular weight is 512 g/mol. The smallest absolute Gasteiger partial charge is 0.256 e. The summed E-state index contributed by atoms with van der Waals surface area (Å²) in [6, 6.07) is 3.08. The Morgan fingerprint density at radius 3 is 2.43 bits per heavy atom. The van der Waals surface area contributed by atoms with Gasteiger partial charge in [0, 0.05) is 43.4 Å². The lowest BCUT2D eigenvalue weighted by molar-refractivity contribution is -0.117. The lowest BCUT2D eigenvalue weighted by Crippen LogP contribution is -2.47. The number of rotatable bonds is 5. The predicted molar refractivity (Wildman–Crippen MR) is 131 cm³/mol. The number of carbonyl (C=O) groups is 2. The minimum absolute atomic E-state index is 0.0153. The number of hydrogen-bond acceptors (Lipinski definition) is 4. The molecule has 0 spiro atoms. The van der Waals surface area contributed by atoms with Crippen LogP contribution in [0.15, 0.2) is 30.6 Å². The van der Waals surface area contributed by atoms with Gasteiger partial charge in [-0.2, -0.15) is 5.10 Å². The first kappa shape index (κ1) is 25.0. The molecule has 10 heteroatoms. The minimum Gasteiger partial charge on any atom is -0.327 e. The van der Waals surface area contributed by atoms with Crippen LogP contribution in [0.3, 0.4) is 0 Å². The third-order valence-corrected chi connectivity index (χ3v) is 7.37. The number of benzene rings is 1. The second kappa shape index (κ2) is 9.64. The van der Waals surface area contributed by atoms with Crippen LogP contribution in [0.25, 0.3) is 11.3 Å². The van der Waals surface area contributed by atoms with Gasteiger partial charge < -0.3 is 9.80 Å². The molecule has 0 saturated carbocycles. The molecule has 2 aliphatic rings. The highest BCUT2D eigenvalue weighted by Crippen LogP contribution is 2.41. The standard InChI is InChI=1S/C27H28F3N5O2/c1-4-17-12-19-25(32-33(3)26(19)15-10-20(28)24(30)21(29)11-15)22(5-2)35(17)27(37)16-9-18(14-31-13-16)34-8-6-7-23(34)36/h9-11,13-14,17,22H,4-8,12H2,1-3H3. The van der Waals surface area contributed by atoms with Crippen molar-refractivity contribution >= 4 is 17.5 Å². The summed E-state index contributed by atoms with van der Waals surface area (Å²) in [5.74, 6) is -4.24. The van der Waals surface area contributed by atoms with Gasteiger partial charge in [0.25, 0.3) is 5.91 Å². The fraction of sp³-hybridized carbons (Fsp3) is 0.407. The van der Waals surface area contributed by atoms with E-state index in [2.05, 4.69) is 10.1 Å². The largest absolute Gasteiger partial charge is 0.327 e. The molecule has 5 rings (SSSR count). The van der Waals surface area contributed by atoms with E-state index in [9.17, 15) is 22.8 Å². The number of amides is 2. The van der Waals surface area contributed by atoms with Gasteiger partial charge in [-0.3, -0.25) is 19.3 Å². The van der Waals surface area contributed by atoms with Crippen LogP contribution in [-0.2, 0) is 18.3 Å². The molecule has 2 amide bonds. The molecular weight excluding hydrogens is 483 g/mol. The summed E-state index contributed by atoms with van der Waals surface area (Å²) >= 11 is 0. The van der Waals surface area contributed by atoms with Crippen molar-refractivity contribution in [3.05, 3.63) is 64.9 Å². The van der Waals surface area contributed by atoms with E-state index < -0.39 is 17.5 Å². The molecule has 0 radical (unpaired) electrons. The van der Waals surface area contributed by atoms with Crippen molar-refractivity contribution in [1.82, 2.24) is 19.7 Å². The summed E-state index contributed by atoms with van der Waals surface area (Å²) < 4.78 is 43.3. The van der Waals surface area contributed by atoms with Gasteiger partial charge in [-0.15, -0.1) is 0 Å². The summed E-state index contributed by atoms with van der Waals surface area (Å²) in [7, 11) is 1.67. The van der Waals surface area contributed by atoms with E-state index in [1.807, 2.05) is 18.7 Å². The van der Waals surface area contributed by atoms with Crippen molar-refractivity contribution in [2.75, 3.05) is 11.4 Å². The van der Waals surface area contributed by atoms with E-state index in [4.69, 9.17) is 0 Å². The van der Waals surface area contributed by atoms with Crippen molar-refractivity contribution < 1.29 is 22.8 Å². The molecule has 37 heavy (non-hydrogen) atoms. The van der Waals surface area contributed by atoms with Gasteiger partial charge in [0.2, 0.25) is 5.91 Å². The first-order chi connectivity index (χ1) is 17.7. The lowest BCUT2D eigenvalue weighted by atomic mass is 9.87. The van der Waals surface area contributed by atoms with Crippen LogP contribution in [0.1, 0.15) is 67.2 Å². The van der Waals surface area contributed by atoms with Gasteiger partial charge in [-0.1, -0.05) is 13.8 Å². The monoisotopic (exact) mass is 511 g/mol. The van der Waals surface area contributed by atoms with Crippen molar-refractivity contribution in [2.45, 2.75) is 58.0 Å². The van der Waals surface area contributed by atoms with Gasteiger partial charge in [0.15, 0.2) is 17.5 Å². The van der Waals surface area contributed by atoms with E-state index in [-0.39, 0.29) is 29.5 Å². The summed E-state index contributed by atoms with van der Waals surface area (Å²) in [4.78, 5) is 33.8. The molecule has 1 saturated heterocycles. The molecule has 4 heterocycles. The normalized spacial score (nSPS) is 19.5. The zero-order valence-corrected chi connectivity index (χ0v) is 21.0. The van der Waals surface area contributed by atoms with E-state index in [0.29, 0.717) is 54.9 Å². The average Bonchev–Trinajstić information content (AvgIpc) is 3.47. The SMILES string of the molecule is CCC1Cc2c(nn(C)c2-c2cc(F)c(F)c(F)c2)C(CC)N1C(=O)c1cncc(N2CCCC2=O)c1. The molecule has 2 atom stereocenters. The maximum atomic E-state index is 14.1. The molecular formula is C27H28F3N5O2. The molecule has 0 N–H and O–H groups in total. The highest BCUT2D eigenvalue weighted by Gasteiger charge is 2.40. The van der Waals surface area contributed by atoms with E-state index >= 15 is 0 Å². The Hall–Kier alpha value is -3.69. The third kappa shape index (κ3) is 4.18. The first-order valence-corrected chi connectivity index (χ1v) is 12.5. The van der Waals surface area contributed by atoms with Crippen molar-refractivity contribution in [3.8, 4) is 11.3 Å². The topological polar surface area (TPSA) is 71.3 Å². The molecule has 2 unspecified atom stereocenters.